The van der Waals surface area contributed by atoms with Gasteiger partial charge in [-0.15, -0.1) is 0 Å². The van der Waals surface area contributed by atoms with Crippen molar-refractivity contribution < 1.29 is 14.6 Å². The normalized spacial score (nSPS) is 17.0. The summed E-state index contributed by atoms with van der Waals surface area (Å²) in [4.78, 5) is 15.2. The van der Waals surface area contributed by atoms with Gasteiger partial charge in [-0.05, 0) is 61.3 Å². The molecule has 4 rings (SSSR count). The molecule has 1 saturated heterocycles. The standard InChI is InChI=1S/C23H27N3O3/c24-9-1-10-25-11-8-18-15-19(4-7-22(18)25)23(28)26-12-13-29-16-20(26)14-17-2-5-21(27)6-3-17/h2-8,11,15,20,27H,1,9-10,12-14,16,24H2/t20-/m1/s1. The minimum atomic E-state index is -0.0226. The highest BCUT2D eigenvalue weighted by molar-refractivity contribution is 5.98. The fourth-order valence-corrected chi connectivity index (χ4v) is 3.95. The van der Waals surface area contributed by atoms with E-state index in [1.165, 1.54) is 0 Å². The number of ether oxygens (including phenoxy) is 1. The number of fused-ring (bicyclic) bond motifs is 1. The van der Waals surface area contributed by atoms with Gasteiger partial charge in [-0.2, -0.15) is 0 Å². The van der Waals surface area contributed by atoms with Crippen molar-refractivity contribution in [1.82, 2.24) is 9.47 Å². The number of morpholine rings is 1. The minimum Gasteiger partial charge on any atom is -0.508 e. The van der Waals surface area contributed by atoms with Crippen molar-refractivity contribution in [2.24, 2.45) is 5.73 Å². The molecule has 0 saturated carbocycles. The monoisotopic (exact) mass is 393 g/mol. The summed E-state index contributed by atoms with van der Waals surface area (Å²) < 4.78 is 7.83. The predicted octanol–water partition coefficient (Wildman–Crippen LogP) is 2.78. The molecule has 152 valence electrons. The quantitative estimate of drug-likeness (QED) is 0.675. The summed E-state index contributed by atoms with van der Waals surface area (Å²) in [6.45, 7) is 3.19. The Balaban J connectivity index is 1.53. The molecule has 29 heavy (non-hydrogen) atoms. The van der Waals surface area contributed by atoms with Crippen LogP contribution >= 0.6 is 0 Å². The molecule has 2 heterocycles. The number of benzene rings is 2. The number of nitrogens with zero attached hydrogens (tertiary/aromatic N) is 2. The van der Waals surface area contributed by atoms with Gasteiger partial charge in [0.05, 0.1) is 19.3 Å². The molecule has 0 aliphatic carbocycles. The molecule has 6 heteroatoms. The number of hydrogen-bond acceptors (Lipinski definition) is 4. The molecule has 1 aliphatic rings. The van der Waals surface area contributed by atoms with E-state index >= 15 is 0 Å². The van der Waals surface area contributed by atoms with Gasteiger partial charge in [0.15, 0.2) is 0 Å². The lowest BCUT2D eigenvalue weighted by atomic mass is 10.0. The number of amides is 1. The molecule has 0 unspecified atom stereocenters. The van der Waals surface area contributed by atoms with Crippen LogP contribution in [0.1, 0.15) is 22.3 Å². The Kier molecular flexibility index (Phi) is 5.83. The first-order valence-electron chi connectivity index (χ1n) is 10.1. The van der Waals surface area contributed by atoms with Gasteiger partial charge in [0.25, 0.3) is 5.91 Å². The topological polar surface area (TPSA) is 80.7 Å². The lowest BCUT2D eigenvalue weighted by Crippen LogP contribution is -2.49. The third-order valence-electron chi connectivity index (χ3n) is 5.52. The van der Waals surface area contributed by atoms with E-state index in [2.05, 4.69) is 16.8 Å². The van der Waals surface area contributed by atoms with Gasteiger partial charge in [0.2, 0.25) is 0 Å². The number of rotatable bonds is 6. The number of hydrogen-bond donors (Lipinski definition) is 2. The van der Waals surface area contributed by atoms with Crippen molar-refractivity contribution in [2.75, 3.05) is 26.3 Å². The van der Waals surface area contributed by atoms with Gasteiger partial charge in [-0.3, -0.25) is 4.79 Å². The second-order valence-corrected chi connectivity index (χ2v) is 7.52. The summed E-state index contributed by atoms with van der Waals surface area (Å²) in [6, 6.07) is 15.1. The number of aromatic hydroxyl groups is 1. The van der Waals surface area contributed by atoms with E-state index in [1.807, 2.05) is 35.2 Å². The van der Waals surface area contributed by atoms with Gasteiger partial charge in [0, 0.05) is 35.8 Å². The summed E-state index contributed by atoms with van der Waals surface area (Å²) in [7, 11) is 0. The van der Waals surface area contributed by atoms with Crippen LogP contribution in [0.15, 0.2) is 54.7 Å². The van der Waals surface area contributed by atoms with Crippen LogP contribution in [0.4, 0.5) is 0 Å². The average molecular weight is 393 g/mol. The first kappa shape index (κ1) is 19.5. The molecule has 3 N–H and O–H groups in total. The third-order valence-corrected chi connectivity index (χ3v) is 5.52. The summed E-state index contributed by atoms with van der Waals surface area (Å²) >= 11 is 0. The molecular weight excluding hydrogens is 366 g/mol. The predicted molar refractivity (Wildman–Crippen MR) is 113 cm³/mol. The van der Waals surface area contributed by atoms with Crippen molar-refractivity contribution in [1.29, 1.82) is 0 Å². The zero-order chi connectivity index (χ0) is 20.2. The fraction of sp³-hybridized carbons (Fsp3) is 0.348. The lowest BCUT2D eigenvalue weighted by molar-refractivity contribution is -0.00163. The van der Waals surface area contributed by atoms with Gasteiger partial charge in [-0.25, -0.2) is 0 Å². The van der Waals surface area contributed by atoms with Gasteiger partial charge < -0.3 is 25.0 Å². The van der Waals surface area contributed by atoms with Gasteiger partial charge in [-0.1, -0.05) is 12.1 Å². The fourth-order valence-electron chi connectivity index (χ4n) is 3.95. The number of carbonyl (C=O) groups excluding carboxylic acids is 1. The van der Waals surface area contributed by atoms with Crippen LogP contribution in [-0.4, -0.2) is 52.8 Å². The number of phenolic OH excluding ortho intramolecular Hbond substituents is 1. The second-order valence-electron chi connectivity index (χ2n) is 7.52. The Labute approximate surface area is 170 Å². The molecule has 0 bridgehead atoms. The number of aryl methyl sites for hydroxylation is 1. The van der Waals surface area contributed by atoms with Crippen molar-refractivity contribution >= 4 is 16.8 Å². The molecule has 6 nitrogen and oxygen atoms in total. The van der Waals surface area contributed by atoms with E-state index in [4.69, 9.17) is 10.5 Å². The van der Waals surface area contributed by atoms with Gasteiger partial charge >= 0.3 is 0 Å². The van der Waals surface area contributed by atoms with E-state index in [0.717, 1.165) is 29.4 Å². The maximum absolute atomic E-state index is 13.3. The van der Waals surface area contributed by atoms with Crippen LogP contribution in [0.3, 0.4) is 0 Å². The second kappa shape index (κ2) is 8.68. The molecule has 1 fully saturated rings. The van der Waals surface area contributed by atoms with E-state index < -0.39 is 0 Å². The van der Waals surface area contributed by atoms with Crippen LogP contribution in [0.5, 0.6) is 5.75 Å². The Morgan fingerprint density at radius 3 is 2.79 bits per heavy atom. The van der Waals surface area contributed by atoms with Gasteiger partial charge in [0.1, 0.15) is 5.75 Å². The van der Waals surface area contributed by atoms with E-state index in [0.29, 0.717) is 38.3 Å². The molecular formula is C23H27N3O3. The summed E-state index contributed by atoms with van der Waals surface area (Å²) in [5, 5.41) is 10.6. The zero-order valence-electron chi connectivity index (χ0n) is 16.5. The Morgan fingerprint density at radius 2 is 2.00 bits per heavy atom. The highest BCUT2D eigenvalue weighted by atomic mass is 16.5. The van der Waals surface area contributed by atoms with Crippen LogP contribution in [0, 0.1) is 0 Å². The average Bonchev–Trinajstić information content (AvgIpc) is 3.16. The number of nitrogens with two attached hydrogens (primary N) is 1. The van der Waals surface area contributed by atoms with Crippen LogP contribution in [0.25, 0.3) is 10.9 Å². The summed E-state index contributed by atoms with van der Waals surface area (Å²) in [5.74, 6) is 0.280. The van der Waals surface area contributed by atoms with E-state index in [9.17, 15) is 9.90 Å². The van der Waals surface area contributed by atoms with Crippen LogP contribution < -0.4 is 5.73 Å². The van der Waals surface area contributed by atoms with Crippen molar-refractivity contribution in [3.8, 4) is 5.75 Å². The Morgan fingerprint density at radius 1 is 1.17 bits per heavy atom. The van der Waals surface area contributed by atoms with Crippen LogP contribution in [-0.2, 0) is 17.7 Å². The first-order valence-corrected chi connectivity index (χ1v) is 10.1. The molecule has 1 amide bonds. The molecule has 2 aromatic carbocycles. The maximum atomic E-state index is 13.3. The SMILES string of the molecule is NCCCn1ccc2cc(C(=O)N3CCOC[C@H]3Cc3ccc(O)cc3)ccc21. The minimum absolute atomic E-state index is 0.0226. The molecule has 1 aromatic heterocycles. The van der Waals surface area contributed by atoms with Crippen molar-refractivity contribution in [3.63, 3.8) is 0 Å². The maximum Gasteiger partial charge on any atom is 0.254 e. The number of phenols is 1. The third kappa shape index (κ3) is 4.28. The molecule has 0 radical (unpaired) electrons. The molecule has 0 spiro atoms. The summed E-state index contributed by atoms with van der Waals surface area (Å²) in [5.41, 5.74) is 8.52. The Hall–Kier alpha value is -2.83. The highest BCUT2D eigenvalue weighted by Gasteiger charge is 2.28. The smallest absolute Gasteiger partial charge is 0.254 e. The number of aromatic nitrogens is 1. The highest BCUT2D eigenvalue weighted by Crippen LogP contribution is 2.22. The first-order chi connectivity index (χ1) is 14.2. The zero-order valence-corrected chi connectivity index (χ0v) is 16.5. The van der Waals surface area contributed by atoms with E-state index in [1.54, 1.807) is 12.1 Å². The van der Waals surface area contributed by atoms with Crippen molar-refractivity contribution in [3.05, 3.63) is 65.9 Å². The Bertz CT molecular complexity index is 981. The van der Waals surface area contributed by atoms with E-state index in [-0.39, 0.29) is 17.7 Å². The van der Waals surface area contributed by atoms with Crippen LogP contribution in [0.2, 0.25) is 0 Å². The summed E-state index contributed by atoms with van der Waals surface area (Å²) in [6.07, 6.45) is 3.68. The molecule has 1 atom stereocenters. The largest absolute Gasteiger partial charge is 0.508 e. The molecule has 3 aromatic rings. The number of carbonyl (C=O) groups is 1. The van der Waals surface area contributed by atoms with Crippen molar-refractivity contribution in [2.45, 2.75) is 25.4 Å². The lowest BCUT2D eigenvalue weighted by Gasteiger charge is -2.36. The molecule has 1 aliphatic heterocycles.